The lowest BCUT2D eigenvalue weighted by Gasteiger charge is -2.19. The molecule has 0 saturated carbocycles. The van der Waals surface area contributed by atoms with Gasteiger partial charge in [0.05, 0.1) is 6.61 Å². The number of rotatable bonds is 5. The zero-order valence-electron chi connectivity index (χ0n) is 11.9. The fourth-order valence-corrected chi connectivity index (χ4v) is 1.84. The number of aryl methyl sites for hydroxylation is 1. The maximum absolute atomic E-state index is 12.1. The standard InChI is InChI=1S/C14H22N2O2/c1-11-10-12(6-7-13(11)15(2)3)14(17)16(4)8-9-18-5/h6-7,10H,8-9H2,1-5H3. The molecule has 18 heavy (non-hydrogen) atoms. The Morgan fingerprint density at radius 1 is 1.28 bits per heavy atom. The Morgan fingerprint density at radius 3 is 2.44 bits per heavy atom. The van der Waals surface area contributed by atoms with Crippen LogP contribution >= 0.6 is 0 Å². The van der Waals surface area contributed by atoms with E-state index in [4.69, 9.17) is 4.74 Å². The number of amides is 1. The third kappa shape index (κ3) is 3.47. The fraction of sp³-hybridized carbons (Fsp3) is 0.500. The molecule has 0 aromatic heterocycles. The summed E-state index contributed by atoms with van der Waals surface area (Å²) in [5, 5.41) is 0. The predicted octanol–water partition coefficient (Wildman–Crippen LogP) is 1.78. The molecule has 0 atom stereocenters. The molecule has 1 amide bonds. The van der Waals surface area contributed by atoms with Gasteiger partial charge in [-0.05, 0) is 30.7 Å². The number of anilines is 1. The second-order valence-electron chi connectivity index (χ2n) is 4.62. The Kier molecular flexibility index (Phi) is 5.16. The zero-order chi connectivity index (χ0) is 13.7. The molecule has 0 bridgehead atoms. The van der Waals surface area contributed by atoms with Crippen LogP contribution in [-0.4, -0.2) is 52.2 Å². The van der Waals surface area contributed by atoms with Crippen molar-refractivity contribution >= 4 is 11.6 Å². The molecule has 4 heteroatoms. The van der Waals surface area contributed by atoms with Gasteiger partial charge in [0.15, 0.2) is 0 Å². The van der Waals surface area contributed by atoms with Crippen molar-refractivity contribution in [3.63, 3.8) is 0 Å². The van der Waals surface area contributed by atoms with Gasteiger partial charge in [-0.25, -0.2) is 0 Å². The summed E-state index contributed by atoms with van der Waals surface area (Å²) in [7, 11) is 7.41. The Bertz CT molecular complexity index is 416. The Hall–Kier alpha value is -1.55. The highest BCUT2D eigenvalue weighted by molar-refractivity contribution is 5.94. The molecule has 0 radical (unpaired) electrons. The molecule has 100 valence electrons. The lowest BCUT2D eigenvalue weighted by atomic mass is 10.1. The smallest absolute Gasteiger partial charge is 0.253 e. The number of carbonyl (C=O) groups excluding carboxylic acids is 1. The summed E-state index contributed by atoms with van der Waals surface area (Å²) in [6.45, 7) is 3.17. The number of benzene rings is 1. The Morgan fingerprint density at radius 2 is 1.94 bits per heavy atom. The molecule has 0 aliphatic carbocycles. The van der Waals surface area contributed by atoms with Crippen LogP contribution in [0.3, 0.4) is 0 Å². The molecular weight excluding hydrogens is 228 g/mol. The van der Waals surface area contributed by atoms with Crippen LogP contribution in [0.25, 0.3) is 0 Å². The van der Waals surface area contributed by atoms with Crippen molar-refractivity contribution in [2.45, 2.75) is 6.92 Å². The van der Waals surface area contributed by atoms with Gasteiger partial charge < -0.3 is 14.5 Å². The van der Waals surface area contributed by atoms with E-state index in [-0.39, 0.29) is 5.91 Å². The van der Waals surface area contributed by atoms with Gasteiger partial charge in [-0.1, -0.05) is 0 Å². The molecule has 0 N–H and O–H groups in total. The SMILES string of the molecule is COCCN(C)C(=O)c1ccc(N(C)C)c(C)c1. The predicted molar refractivity (Wildman–Crippen MR) is 74.3 cm³/mol. The quantitative estimate of drug-likeness (QED) is 0.798. The van der Waals surface area contributed by atoms with E-state index in [2.05, 4.69) is 0 Å². The second kappa shape index (κ2) is 6.40. The first-order chi connectivity index (χ1) is 8.47. The molecule has 0 aliphatic rings. The van der Waals surface area contributed by atoms with Crippen LogP contribution in [0.1, 0.15) is 15.9 Å². The maximum Gasteiger partial charge on any atom is 0.253 e. The highest BCUT2D eigenvalue weighted by Gasteiger charge is 2.12. The first kappa shape index (κ1) is 14.5. The number of ether oxygens (including phenoxy) is 1. The van der Waals surface area contributed by atoms with Crippen molar-refractivity contribution in [2.24, 2.45) is 0 Å². The average Bonchev–Trinajstić information content (AvgIpc) is 2.34. The number of carbonyl (C=O) groups is 1. The molecule has 4 nitrogen and oxygen atoms in total. The van der Waals surface area contributed by atoms with Gasteiger partial charge in [0.1, 0.15) is 0 Å². The first-order valence-corrected chi connectivity index (χ1v) is 5.99. The van der Waals surface area contributed by atoms with Crippen LogP contribution in [0.2, 0.25) is 0 Å². The van der Waals surface area contributed by atoms with E-state index < -0.39 is 0 Å². The second-order valence-corrected chi connectivity index (χ2v) is 4.62. The minimum absolute atomic E-state index is 0.0282. The van der Waals surface area contributed by atoms with Crippen LogP contribution in [0.15, 0.2) is 18.2 Å². The minimum atomic E-state index is 0.0282. The minimum Gasteiger partial charge on any atom is -0.383 e. The van der Waals surface area contributed by atoms with E-state index in [1.165, 1.54) is 0 Å². The molecule has 1 aromatic rings. The van der Waals surface area contributed by atoms with Gasteiger partial charge in [0, 0.05) is 46.0 Å². The van der Waals surface area contributed by atoms with Crippen molar-refractivity contribution in [1.29, 1.82) is 0 Å². The third-order valence-corrected chi connectivity index (χ3v) is 2.90. The number of hydrogen-bond donors (Lipinski definition) is 0. The number of methoxy groups -OCH3 is 1. The van der Waals surface area contributed by atoms with Crippen molar-refractivity contribution in [2.75, 3.05) is 46.3 Å². The van der Waals surface area contributed by atoms with Gasteiger partial charge in [0.25, 0.3) is 5.91 Å². The molecule has 0 heterocycles. The summed E-state index contributed by atoms with van der Waals surface area (Å²) in [5.41, 5.74) is 2.95. The van der Waals surface area contributed by atoms with Crippen LogP contribution in [0.4, 0.5) is 5.69 Å². The largest absolute Gasteiger partial charge is 0.383 e. The molecule has 0 unspecified atom stereocenters. The lowest BCUT2D eigenvalue weighted by Crippen LogP contribution is -2.30. The van der Waals surface area contributed by atoms with Crippen molar-refractivity contribution in [3.8, 4) is 0 Å². The van der Waals surface area contributed by atoms with E-state index in [1.807, 2.05) is 44.1 Å². The van der Waals surface area contributed by atoms with Crippen LogP contribution in [0, 0.1) is 6.92 Å². The molecule has 1 rings (SSSR count). The molecule has 0 fully saturated rings. The van der Waals surface area contributed by atoms with Crippen molar-refractivity contribution in [3.05, 3.63) is 29.3 Å². The normalized spacial score (nSPS) is 10.3. The first-order valence-electron chi connectivity index (χ1n) is 5.99. The molecular formula is C14H22N2O2. The summed E-state index contributed by atoms with van der Waals surface area (Å²) < 4.78 is 4.97. The molecule has 0 aliphatic heterocycles. The van der Waals surface area contributed by atoms with E-state index in [9.17, 15) is 4.79 Å². The van der Waals surface area contributed by atoms with E-state index in [0.717, 1.165) is 16.8 Å². The van der Waals surface area contributed by atoms with Crippen LogP contribution < -0.4 is 4.90 Å². The Labute approximate surface area is 109 Å². The summed E-state index contributed by atoms with van der Waals surface area (Å²) in [4.78, 5) is 15.9. The lowest BCUT2D eigenvalue weighted by molar-refractivity contribution is 0.0744. The Balaban J connectivity index is 2.84. The summed E-state index contributed by atoms with van der Waals surface area (Å²) >= 11 is 0. The highest BCUT2D eigenvalue weighted by atomic mass is 16.5. The molecule has 0 spiro atoms. The van der Waals surface area contributed by atoms with E-state index in [0.29, 0.717) is 13.2 Å². The van der Waals surface area contributed by atoms with Gasteiger partial charge in [-0.15, -0.1) is 0 Å². The van der Waals surface area contributed by atoms with Gasteiger partial charge in [-0.3, -0.25) is 4.79 Å². The van der Waals surface area contributed by atoms with Crippen molar-refractivity contribution in [1.82, 2.24) is 4.90 Å². The summed E-state index contributed by atoms with van der Waals surface area (Å²) in [6.07, 6.45) is 0. The van der Waals surface area contributed by atoms with Gasteiger partial charge in [0.2, 0.25) is 0 Å². The number of nitrogens with zero attached hydrogens (tertiary/aromatic N) is 2. The number of likely N-dealkylation sites (N-methyl/N-ethyl adjacent to an activating group) is 1. The fourth-order valence-electron chi connectivity index (χ4n) is 1.84. The zero-order valence-corrected chi connectivity index (χ0v) is 11.9. The van der Waals surface area contributed by atoms with Crippen LogP contribution in [-0.2, 0) is 4.74 Å². The third-order valence-electron chi connectivity index (χ3n) is 2.90. The highest BCUT2D eigenvalue weighted by Crippen LogP contribution is 2.19. The van der Waals surface area contributed by atoms with E-state index >= 15 is 0 Å². The number of hydrogen-bond acceptors (Lipinski definition) is 3. The van der Waals surface area contributed by atoms with Gasteiger partial charge >= 0.3 is 0 Å². The van der Waals surface area contributed by atoms with Crippen molar-refractivity contribution < 1.29 is 9.53 Å². The molecule has 1 aromatic carbocycles. The average molecular weight is 250 g/mol. The topological polar surface area (TPSA) is 32.8 Å². The maximum atomic E-state index is 12.1. The molecule has 0 saturated heterocycles. The van der Waals surface area contributed by atoms with E-state index in [1.54, 1.807) is 19.1 Å². The van der Waals surface area contributed by atoms with Gasteiger partial charge in [-0.2, -0.15) is 0 Å². The van der Waals surface area contributed by atoms with Crippen LogP contribution in [0.5, 0.6) is 0 Å². The monoisotopic (exact) mass is 250 g/mol. The summed E-state index contributed by atoms with van der Waals surface area (Å²) in [5.74, 6) is 0.0282. The summed E-state index contributed by atoms with van der Waals surface area (Å²) in [6, 6.07) is 5.78.